The first kappa shape index (κ1) is 9.96. The van der Waals surface area contributed by atoms with Crippen LogP contribution in [0.5, 0.6) is 0 Å². The summed E-state index contributed by atoms with van der Waals surface area (Å²) in [6.45, 7) is 2.11. The van der Waals surface area contributed by atoms with Crippen molar-refractivity contribution in [3.8, 4) is 11.3 Å². The lowest BCUT2D eigenvalue weighted by Crippen LogP contribution is -1.86. The van der Waals surface area contributed by atoms with Crippen LogP contribution in [0.1, 0.15) is 5.56 Å². The molecular weight excluding hydrogens is 212 g/mol. The summed E-state index contributed by atoms with van der Waals surface area (Å²) in [6.07, 6.45) is 3.73. The number of nitrogens with two attached hydrogens (primary N) is 1. The van der Waals surface area contributed by atoms with E-state index in [1.54, 1.807) is 6.20 Å². The molecule has 0 aliphatic rings. The Morgan fingerprint density at radius 1 is 1.35 bits per heavy atom. The Morgan fingerprint density at radius 3 is 2.88 bits per heavy atom. The molecule has 86 valence electrons. The first-order chi connectivity index (χ1) is 8.18. The van der Waals surface area contributed by atoms with Gasteiger partial charge < -0.3 is 10.3 Å². The molecule has 2 aromatic heterocycles. The van der Waals surface area contributed by atoms with E-state index < -0.39 is 0 Å². The lowest BCUT2D eigenvalue weighted by Gasteiger charge is -2.00. The van der Waals surface area contributed by atoms with Gasteiger partial charge in [0.15, 0.2) is 0 Å². The third-order valence-electron chi connectivity index (χ3n) is 3.14. The number of nitrogens with zero attached hydrogens (tertiary/aromatic N) is 2. The van der Waals surface area contributed by atoms with Gasteiger partial charge in [-0.2, -0.15) is 5.10 Å². The topological polar surface area (TPSA) is 59.6 Å². The lowest BCUT2D eigenvalue weighted by molar-refractivity contribution is 0.964. The highest BCUT2D eigenvalue weighted by molar-refractivity contribution is 5.98. The summed E-state index contributed by atoms with van der Waals surface area (Å²) in [5.41, 5.74) is 11.1. The fraction of sp³-hybridized carbons (Fsp3) is 0.154. The second-order valence-electron chi connectivity index (χ2n) is 4.33. The van der Waals surface area contributed by atoms with Crippen molar-refractivity contribution in [2.75, 3.05) is 5.73 Å². The van der Waals surface area contributed by atoms with E-state index in [-0.39, 0.29) is 0 Å². The Morgan fingerprint density at radius 2 is 2.18 bits per heavy atom. The number of rotatable bonds is 1. The Hall–Kier alpha value is -2.23. The predicted octanol–water partition coefficient (Wildman–Crippen LogP) is 2.46. The molecule has 0 bridgehead atoms. The largest absolute Gasteiger partial charge is 0.396 e. The number of aromatic amines is 1. The molecular formula is C13H14N4. The number of para-hydroxylation sites is 1. The molecule has 3 N–H and O–H groups in total. The van der Waals surface area contributed by atoms with Crippen molar-refractivity contribution in [1.82, 2.24) is 14.8 Å². The second kappa shape index (κ2) is 3.38. The predicted molar refractivity (Wildman–Crippen MR) is 69.7 cm³/mol. The molecule has 0 aliphatic heterocycles. The second-order valence-corrected chi connectivity index (χ2v) is 4.33. The van der Waals surface area contributed by atoms with Gasteiger partial charge in [-0.3, -0.25) is 5.10 Å². The number of nitrogen functional groups attached to an aromatic ring is 1. The molecule has 2 heterocycles. The van der Waals surface area contributed by atoms with Gasteiger partial charge in [-0.15, -0.1) is 0 Å². The Labute approximate surface area is 99.1 Å². The van der Waals surface area contributed by atoms with E-state index in [1.807, 2.05) is 7.05 Å². The van der Waals surface area contributed by atoms with Crippen molar-refractivity contribution < 1.29 is 0 Å². The van der Waals surface area contributed by atoms with Crippen molar-refractivity contribution >= 4 is 16.6 Å². The molecule has 0 aliphatic carbocycles. The third-order valence-corrected chi connectivity index (χ3v) is 3.14. The highest BCUT2D eigenvalue weighted by Gasteiger charge is 2.13. The van der Waals surface area contributed by atoms with E-state index in [4.69, 9.17) is 5.73 Å². The zero-order valence-electron chi connectivity index (χ0n) is 9.86. The van der Waals surface area contributed by atoms with Gasteiger partial charge in [-0.25, -0.2) is 0 Å². The maximum Gasteiger partial charge on any atom is 0.0901 e. The van der Waals surface area contributed by atoms with E-state index in [2.05, 4.69) is 46.1 Å². The maximum absolute atomic E-state index is 5.91. The van der Waals surface area contributed by atoms with Crippen LogP contribution in [0, 0.1) is 6.92 Å². The van der Waals surface area contributed by atoms with Crippen LogP contribution in [0.15, 0.2) is 30.6 Å². The van der Waals surface area contributed by atoms with Gasteiger partial charge in [0.05, 0.1) is 23.1 Å². The third kappa shape index (κ3) is 1.34. The first-order valence-electron chi connectivity index (χ1n) is 5.52. The Balaban J connectivity index is 2.40. The van der Waals surface area contributed by atoms with Crippen LogP contribution < -0.4 is 5.73 Å². The first-order valence-corrected chi connectivity index (χ1v) is 5.52. The normalized spacial score (nSPS) is 11.2. The van der Waals surface area contributed by atoms with Crippen molar-refractivity contribution in [2.45, 2.75) is 6.92 Å². The van der Waals surface area contributed by atoms with Crippen molar-refractivity contribution in [3.63, 3.8) is 0 Å². The maximum atomic E-state index is 5.91. The smallest absolute Gasteiger partial charge is 0.0901 e. The summed E-state index contributed by atoms with van der Waals surface area (Å²) in [6, 6.07) is 6.29. The summed E-state index contributed by atoms with van der Waals surface area (Å²) < 4.78 is 2.13. The number of anilines is 1. The minimum absolute atomic E-state index is 0.680. The van der Waals surface area contributed by atoms with Crippen LogP contribution in [-0.2, 0) is 7.05 Å². The van der Waals surface area contributed by atoms with Gasteiger partial charge in [-0.1, -0.05) is 18.2 Å². The van der Waals surface area contributed by atoms with Gasteiger partial charge >= 0.3 is 0 Å². The number of benzene rings is 1. The van der Waals surface area contributed by atoms with E-state index in [1.165, 1.54) is 16.5 Å². The quantitative estimate of drug-likeness (QED) is 0.669. The molecule has 0 atom stereocenters. The van der Waals surface area contributed by atoms with Crippen LogP contribution in [0.25, 0.3) is 22.2 Å². The summed E-state index contributed by atoms with van der Waals surface area (Å²) in [7, 11) is 2.05. The molecule has 4 heteroatoms. The van der Waals surface area contributed by atoms with E-state index in [0.717, 1.165) is 11.3 Å². The Kier molecular flexibility index (Phi) is 1.98. The molecule has 0 fully saturated rings. The highest BCUT2D eigenvalue weighted by atomic mass is 15.1. The summed E-state index contributed by atoms with van der Waals surface area (Å²) >= 11 is 0. The molecule has 0 radical (unpaired) electrons. The molecule has 0 amide bonds. The molecule has 0 saturated heterocycles. The lowest BCUT2D eigenvalue weighted by atomic mass is 10.1. The van der Waals surface area contributed by atoms with Crippen molar-refractivity contribution in [3.05, 3.63) is 36.2 Å². The SMILES string of the molecule is Cc1cccc2c(-c3[nH]ncc3N)cn(C)c12. The van der Waals surface area contributed by atoms with Gasteiger partial charge in [0.1, 0.15) is 0 Å². The molecule has 0 saturated carbocycles. The van der Waals surface area contributed by atoms with E-state index in [9.17, 15) is 0 Å². The van der Waals surface area contributed by atoms with E-state index in [0.29, 0.717) is 5.69 Å². The van der Waals surface area contributed by atoms with Crippen LogP contribution in [0.4, 0.5) is 5.69 Å². The minimum atomic E-state index is 0.680. The zero-order chi connectivity index (χ0) is 12.0. The minimum Gasteiger partial charge on any atom is -0.396 e. The number of H-pyrrole nitrogens is 1. The van der Waals surface area contributed by atoms with Crippen molar-refractivity contribution in [1.29, 1.82) is 0 Å². The van der Waals surface area contributed by atoms with Crippen LogP contribution in [0.3, 0.4) is 0 Å². The monoisotopic (exact) mass is 226 g/mol. The van der Waals surface area contributed by atoms with Gasteiger partial charge in [-0.05, 0) is 12.5 Å². The van der Waals surface area contributed by atoms with Crippen LogP contribution >= 0.6 is 0 Å². The molecule has 3 aromatic rings. The summed E-state index contributed by atoms with van der Waals surface area (Å²) in [5.74, 6) is 0. The van der Waals surface area contributed by atoms with E-state index >= 15 is 0 Å². The number of hydrogen-bond acceptors (Lipinski definition) is 2. The highest BCUT2D eigenvalue weighted by Crippen LogP contribution is 2.33. The van der Waals surface area contributed by atoms with Gasteiger partial charge in [0.2, 0.25) is 0 Å². The summed E-state index contributed by atoms with van der Waals surface area (Å²) in [4.78, 5) is 0. The molecule has 4 nitrogen and oxygen atoms in total. The molecule has 3 rings (SSSR count). The number of nitrogens with one attached hydrogen (secondary N) is 1. The molecule has 1 aromatic carbocycles. The van der Waals surface area contributed by atoms with Gasteiger partial charge in [0.25, 0.3) is 0 Å². The van der Waals surface area contributed by atoms with Crippen LogP contribution in [-0.4, -0.2) is 14.8 Å². The molecule has 17 heavy (non-hydrogen) atoms. The standard InChI is InChI=1S/C13H14N4/c1-8-4-3-5-9-10(7-17(2)13(8)9)12-11(14)6-15-16-12/h3-7H,14H2,1-2H3,(H,15,16). The fourth-order valence-corrected chi connectivity index (χ4v) is 2.38. The molecule has 0 spiro atoms. The number of aryl methyl sites for hydroxylation is 2. The number of aromatic nitrogens is 3. The average molecular weight is 226 g/mol. The summed E-state index contributed by atoms with van der Waals surface area (Å²) in [5, 5.41) is 8.13. The Bertz CT molecular complexity index is 691. The number of hydrogen-bond donors (Lipinski definition) is 2. The van der Waals surface area contributed by atoms with Crippen molar-refractivity contribution in [2.24, 2.45) is 7.05 Å². The fourth-order valence-electron chi connectivity index (χ4n) is 2.38. The zero-order valence-corrected chi connectivity index (χ0v) is 9.86. The average Bonchev–Trinajstić information content (AvgIpc) is 2.84. The van der Waals surface area contributed by atoms with Crippen LogP contribution in [0.2, 0.25) is 0 Å². The van der Waals surface area contributed by atoms with Gasteiger partial charge in [0, 0.05) is 24.2 Å². The number of fused-ring (bicyclic) bond motifs is 1. The molecule has 0 unspecified atom stereocenters.